The van der Waals surface area contributed by atoms with E-state index in [9.17, 15) is 19.5 Å². The number of carbonyl (C=O) groups is 1. The zero-order valence-electron chi connectivity index (χ0n) is 14.9. The van der Waals surface area contributed by atoms with Crippen molar-refractivity contribution in [2.45, 2.75) is 0 Å². The molecule has 1 aromatic heterocycles. The first kappa shape index (κ1) is 19.3. The molecule has 1 amide bonds. The fourth-order valence-corrected chi connectivity index (χ4v) is 2.80. The molecule has 3 aromatic rings. The number of nitrogens with zero attached hydrogens (tertiary/aromatic N) is 1. The van der Waals surface area contributed by atoms with Crippen LogP contribution in [0.25, 0.3) is 28.3 Å². The van der Waals surface area contributed by atoms with Crippen molar-refractivity contribution in [1.29, 1.82) is 0 Å². The number of H-pyrrole nitrogens is 1. The van der Waals surface area contributed by atoms with E-state index < -0.39 is 16.8 Å². The molecular weight excluding hydrogens is 364 g/mol. The molecule has 0 aliphatic carbocycles. The Kier molecular flexibility index (Phi) is 5.52. The van der Waals surface area contributed by atoms with Crippen LogP contribution in [-0.2, 0) is 0 Å². The lowest BCUT2D eigenvalue weighted by Gasteiger charge is -2.09. The van der Waals surface area contributed by atoms with Gasteiger partial charge in [0.05, 0.1) is 16.3 Å². The largest absolute Gasteiger partial charge is 0.507 e. The Bertz CT molecular complexity index is 1220. The highest BCUT2D eigenvalue weighted by molar-refractivity contribution is 6.06. The fourth-order valence-electron chi connectivity index (χ4n) is 2.80. The third-order valence-electron chi connectivity index (χ3n) is 4.11. The summed E-state index contributed by atoms with van der Waals surface area (Å²) >= 11 is 0. The van der Waals surface area contributed by atoms with E-state index in [1.807, 2.05) is 0 Å². The van der Waals surface area contributed by atoms with Crippen molar-refractivity contribution in [3.8, 4) is 5.75 Å². The summed E-state index contributed by atoms with van der Waals surface area (Å²) in [6.45, 7) is 1.32. The summed E-state index contributed by atoms with van der Waals surface area (Å²) in [5, 5.41) is 15.9. The van der Waals surface area contributed by atoms with Gasteiger partial charge in [-0.15, -0.1) is 0 Å². The molecular formula is C18H20N6O4. The van der Waals surface area contributed by atoms with Gasteiger partial charge in [-0.25, -0.2) is 4.98 Å². The van der Waals surface area contributed by atoms with E-state index in [2.05, 4.69) is 20.6 Å². The van der Waals surface area contributed by atoms with Crippen LogP contribution in [-0.4, -0.2) is 47.2 Å². The fraction of sp³-hybridized carbons (Fsp3) is 0.222. The highest BCUT2D eigenvalue weighted by Gasteiger charge is 2.16. The molecule has 10 heteroatoms. The van der Waals surface area contributed by atoms with Crippen LogP contribution in [0, 0.1) is 0 Å². The van der Waals surface area contributed by atoms with E-state index in [1.54, 1.807) is 0 Å². The van der Waals surface area contributed by atoms with E-state index in [0.717, 1.165) is 6.07 Å². The molecule has 0 aliphatic heterocycles. The van der Waals surface area contributed by atoms with Gasteiger partial charge >= 0.3 is 0 Å². The van der Waals surface area contributed by atoms with Gasteiger partial charge in [0, 0.05) is 38.4 Å². The SMILES string of the molecule is NCCNC=c1c(O)cc(=O)c2[nH]c3c(C(=O)NCCN)ccc(=O)c3nc12. The molecule has 0 fully saturated rings. The first-order chi connectivity index (χ1) is 13.5. The number of benzene rings is 2. The van der Waals surface area contributed by atoms with Crippen LogP contribution >= 0.6 is 0 Å². The summed E-state index contributed by atoms with van der Waals surface area (Å²) in [7, 11) is 0. The molecule has 10 nitrogen and oxygen atoms in total. The minimum absolute atomic E-state index is 0.0219. The number of phenolic OH excluding ortho intramolecular Hbond substituents is 1. The van der Waals surface area contributed by atoms with Crippen molar-refractivity contribution < 1.29 is 9.90 Å². The number of carbonyl (C=O) groups excluding carboxylic acids is 1. The summed E-state index contributed by atoms with van der Waals surface area (Å²) in [5.74, 6) is -0.734. The highest BCUT2D eigenvalue weighted by atomic mass is 16.3. The lowest BCUT2D eigenvalue weighted by Crippen LogP contribution is -2.30. The average Bonchev–Trinajstić information content (AvgIpc) is 2.68. The van der Waals surface area contributed by atoms with Crippen molar-refractivity contribution in [3.63, 3.8) is 0 Å². The molecule has 0 bridgehead atoms. The van der Waals surface area contributed by atoms with E-state index in [4.69, 9.17) is 11.5 Å². The molecule has 0 aliphatic rings. The van der Waals surface area contributed by atoms with Crippen molar-refractivity contribution in [2.75, 3.05) is 26.2 Å². The highest BCUT2D eigenvalue weighted by Crippen LogP contribution is 2.15. The zero-order chi connectivity index (χ0) is 20.3. The maximum atomic E-state index is 12.4. The van der Waals surface area contributed by atoms with Crippen LogP contribution in [0.2, 0.25) is 0 Å². The molecule has 0 spiro atoms. The number of hydrogen-bond acceptors (Lipinski definition) is 8. The van der Waals surface area contributed by atoms with E-state index in [0.29, 0.717) is 13.1 Å². The lowest BCUT2D eigenvalue weighted by molar-refractivity contribution is 0.0956. The summed E-state index contributed by atoms with van der Waals surface area (Å²) in [6, 6.07) is 3.63. The number of aromatic amines is 1. The quantitative estimate of drug-likeness (QED) is 0.205. The van der Waals surface area contributed by atoms with Gasteiger partial charge in [0.25, 0.3) is 5.91 Å². The number of fused-ring (bicyclic) bond motifs is 2. The summed E-state index contributed by atoms with van der Waals surface area (Å²) in [4.78, 5) is 44.2. The number of aromatic hydroxyl groups is 1. The monoisotopic (exact) mass is 384 g/mol. The number of hydrogen-bond donors (Lipinski definition) is 6. The van der Waals surface area contributed by atoms with Gasteiger partial charge < -0.3 is 32.2 Å². The molecule has 1 heterocycles. The van der Waals surface area contributed by atoms with Gasteiger partial charge in [0.1, 0.15) is 22.3 Å². The third kappa shape index (κ3) is 3.50. The molecule has 146 valence electrons. The van der Waals surface area contributed by atoms with E-state index in [-0.39, 0.29) is 51.7 Å². The summed E-state index contributed by atoms with van der Waals surface area (Å²) < 4.78 is 0. The molecule has 3 rings (SSSR count). The van der Waals surface area contributed by atoms with Crippen LogP contribution in [0.1, 0.15) is 10.4 Å². The second-order valence-electron chi connectivity index (χ2n) is 6.03. The normalized spacial score (nSPS) is 11.9. The van der Waals surface area contributed by atoms with Crippen LogP contribution < -0.4 is 38.2 Å². The first-order valence-corrected chi connectivity index (χ1v) is 8.62. The molecule has 28 heavy (non-hydrogen) atoms. The van der Waals surface area contributed by atoms with Crippen molar-refractivity contribution >= 4 is 34.2 Å². The number of nitrogens with two attached hydrogens (primary N) is 2. The molecule has 2 aromatic carbocycles. The van der Waals surface area contributed by atoms with Crippen molar-refractivity contribution in [3.05, 3.63) is 49.4 Å². The third-order valence-corrected chi connectivity index (χ3v) is 4.11. The molecule has 0 radical (unpaired) electrons. The number of phenols is 1. The predicted octanol–water partition coefficient (Wildman–Crippen LogP) is -2.16. The van der Waals surface area contributed by atoms with E-state index in [1.165, 1.54) is 18.3 Å². The molecule has 0 unspecified atom stereocenters. The first-order valence-electron chi connectivity index (χ1n) is 8.62. The van der Waals surface area contributed by atoms with Gasteiger partial charge in [0.15, 0.2) is 0 Å². The second-order valence-corrected chi connectivity index (χ2v) is 6.03. The van der Waals surface area contributed by atoms with Crippen LogP contribution in [0.15, 0.2) is 27.8 Å². The van der Waals surface area contributed by atoms with Crippen molar-refractivity contribution in [2.24, 2.45) is 11.5 Å². The number of aromatic nitrogens is 2. The molecule has 8 N–H and O–H groups in total. The Labute approximate surface area is 158 Å². The van der Waals surface area contributed by atoms with Gasteiger partial charge in [0.2, 0.25) is 10.9 Å². The molecule has 0 saturated heterocycles. The Morgan fingerprint density at radius 1 is 1.11 bits per heavy atom. The van der Waals surface area contributed by atoms with Gasteiger partial charge in [-0.3, -0.25) is 14.4 Å². The van der Waals surface area contributed by atoms with Gasteiger partial charge in [-0.05, 0) is 12.1 Å². The Morgan fingerprint density at radius 3 is 2.57 bits per heavy atom. The summed E-state index contributed by atoms with van der Waals surface area (Å²) in [6.07, 6.45) is 1.47. The van der Waals surface area contributed by atoms with Crippen molar-refractivity contribution in [1.82, 2.24) is 20.6 Å². The predicted molar refractivity (Wildman–Crippen MR) is 106 cm³/mol. The van der Waals surface area contributed by atoms with Crippen LogP contribution in [0.5, 0.6) is 5.75 Å². The number of amides is 1. The van der Waals surface area contributed by atoms with E-state index >= 15 is 0 Å². The maximum Gasteiger partial charge on any atom is 0.253 e. The summed E-state index contributed by atoms with van der Waals surface area (Å²) in [5.41, 5.74) is 10.3. The molecule has 0 saturated carbocycles. The minimum atomic E-state index is -0.525. The second kappa shape index (κ2) is 8.03. The Balaban J connectivity index is 2.35. The number of nitrogens with one attached hydrogen (secondary N) is 3. The smallest absolute Gasteiger partial charge is 0.253 e. The van der Waals surface area contributed by atoms with Gasteiger partial charge in [-0.1, -0.05) is 0 Å². The molecule has 0 atom stereocenters. The Hall–Kier alpha value is -3.50. The zero-order valence-corrected chi connectivity index (χ0v) is 14.9. The van der Waals surface area contributed by atoms with Crippen LogP contribution in [0.3, 0.4) is 0 Å². The Morgan fingerprint density at radius 2 is 1.86 bits per heavy atom. The maximum absolute atomic E-state index is 12.4. The van der Waals surface area contributed by atoms with Gasteiger partial charge in [-0.2, -0.15) is 0 Å². The standard InChI is InChI=1S/C18H20N6O4/c19-3-5-21-8-10-12(26)7-13(27)17-15(10)24-16-11(25)2-1-9(14(16)23-17)18(28)22-6-4-20/h1-2,7-8,21,23,26H,3-6,19-20H2,(H,22,28). The minimum Gasteiger partial charge on any atom is -0.507 e. The average molecular weight is 384 g/mol. The lowest BCUT2D eigenvalue weighted by atomic mass is 10.1. The number of rotatable bonds is 6. The van der Waals surface area contributed by atoms with Crippen LogP contribution in [0.4, 0.5) is 0 Å². The topological polar surface area (TPSA) is 176 Å².